The van der Waals surface area contributed by atoms with Crippen LogP contribution in [0.25, 0.3) is 0 Å². The van der Waals surface area contributed by atoms with Crippen LogP contribution in [0.3, 0.4) is 0 Å². The molecule has 1 heterocycles. The van der Waals surface area contributed by atoms with Crippen molar-refractivity contribution < 1.29 is 4.79 Å². The molecule has 1 N–H and O–H groups in total. The molecule has 6 heteroatoms. The number of Topliss-reactive ketones (excluding diaryl/α,β-unsaturated/α-hetero) is 1. The van der Waals surface area contributed by atoms with Gasteiger partial charge in [-0.15, -0.1) is 16.8 Å². The minimum atomic E-state index is 0.143. The molecule has 0 saturated heterocycles. The fourth-order valence-corrected chi connectivity index (χ4v) is 4.04. The molecule has 0 unspecified atom stereocenters. The highest BCUT2D eigenvalue weighted by Gasteiger charge is 2.16. The van der Waals surface area contributed by atoms with E-state index in [1.807, 2.05) is 13.8 Å². The number of carbonyl (C=O) groups excluding carboxylic acids is 1. The van der Waals surface area contributed by atoms with Crippen molar-refractivity contribution in [3.8, 4) is 0 Å². The van der Waals surface area contributed by atoms with Gasteiger partial charge in [-0.25, -0.2) is 0 Å². The summed E-state index contributed by atoms with van der Waals surface area (Å²) in [6.45, 7) is 12.5. The molecular weight excluding hydrogens is 326 g/mol. The largest absolute Gasteiger partial charge is 0.357 e. The molecule has 0 bridgehead atoms. The number of carbonyl (C=O) groups is 1. The number of hydrogen-bond acceptors (Lipinski definition) is 6. The summed E-state index contributed by atoms with van der Waals surface area (Å²) in [5.74, 6) is 0.518. The first-order valence-corrected chi connectivity index (χ1v) is 9.16. The summed E-state index contributed by atoms with van der Waals surface area (Å²) in [6, 6.07) is 2.09. The van der Waals surface area contributed by atoms with Gasteiger partial charge in [0, 0.05) is 12.1 Å². The fourth-order valence-electron chi connectivity index (χ4n) is 2.41. The number of aryl methyl sites for hydroxylation is 2. The highest BCUT2D eigenvalue weighted by molar-refractivity contribution is 8.01. The van der Waals surface area contributed by atoms with Crippen LogP contribution >= 0.6 is 23.1 Å². The molecule has 0 amide bonds. The zero-order valence-corrected chi connectivity index (χ0v) is 15.5. The van der Waals surface area contributed by atoms with Crippen LogP contribution in [-0.2, 0) is 0 Å². The summed E-state index contributed by atoms with van der Waals surface area (Å²) in [5.41, 5.74) is 5.39. The van der Waals surface area contributed by atoms with E-state index in [4.69, 9.17) is 0 Å². The van der Waals surface area contributed by atoms with Gasteiger partial charge >= 0.3 is 0 Å². The average molecular weight is 348 g/mol. The van der Waals surface area contributed by atoms with Crippen molar-refractivity contribution in [2.75, 3.05) is 17.6 Å². The van der Waals surface area contributed by atoms with Crippen LogP contribution < -0.4 is 5.32 Å². The monoisotopic (exact) mass is 347 g/mol. The molecule has 0 aliphatic heterocycles. The molecule has 0 atom stereocenters. The zero-order valence-electron chi connectivity index (χ0n) is 13.9. The van der Waals surface area contributed by atoms with Crippen molar-refractivity contribution in [2.45, 2.75) is 32.0 Å². The minimum Gasteiger partial charge on any atom is -0.357 e. The van der Waals surface area contributed by atoms with Gasteiger partial charge in [-0.05, 0) is 49.9 Å². The van der Waals surface area contributed by atoms with E-state index >= 15 is 0 Å². The Morgan fingerprint density at radius 3 is 2.70 bits per heavy atom. The molecule has 1 aromatic carbocycles. The van der Waals surface area contributed by atoms with Crippen LogP contribution in [0.15, 0.2) is 23.1 Å². The quantitative estimate of drug-likeness (QED) is 0.458. The molecule has 2 rings (SSSR count). The molecule has 0 saturated carbocycles. The van der Waals surface area contributed by atoms with E-state index in [-0.39, 0.29) is 5.78 Å². The smallest absolute Gasteiger partial charge is 0.206 e. The number of aromatic nitrogens is 2. The minimum absolute atomic E-state index is 0.143. The molecule has 0 radical (unpaired) electrons. The van der Waals surface area contributed by atoms with Gasteiger partial charge in [0.25, 0.3) is 0 Å². The second-order valence-electron chi connectivity index (χ2n) is 5.39. The van der Waals surface area contributed by atoms with Gasteiger partial charge in [-0.2, -0.15) is 0 Å². The van der Waals surface area contributed by atoms with E-state index in [9.17, 15) is 4.79 Å². The molecule has 2 aromatic rings. The normalized spacial score (nSPS) is 10.6. The molecule has 122 valence electrons. The predicted molar refractivity (Wildman–Crippen MR) is 99.0 cm³/mol. The van der Waals surface area contributed by atoms with Gasteiger partial charge in [0.2, 0.25) is 5.13 Å². The molecule has 0 aliphatic carbocycles. The standard InChI is InChI=1S/C17H21N3OS2/c1-6-7-18-16-19-20-17(23-16)22-9-14(21)15-11(3)8-10(2)12(4)13(15)5/h6,8H,1,7,9H2,2-5H3,(H,18,19). The average Bonchev–Trinajstić information content (AvgIpc) is 2.96. The van der Waals surface area contributed by atoms with Gasteiger partial charge < -0.3 is 5.32 Å². The van der Waals surface area contributed by atoms with Crippen LogP contribution in [0.5, 0.6) is 0 Å². The molecule has 0 spiro atoms. The second-order valence-corrected chi connectivity index (χ2v) is 7.59. The van der Waals surface area contributed by atoms with Crippen LogP contribution in [0, 0.1) is 27.7 Å². The van der Waals surface area contributed by atoms with E-state index in [1.54, 1.807) is 6.08 Å². The zero-order chi connectivity index (χ0) is 17.0. The molecule has 23 heavy (non-hydrogen) atoms. The van der Waals surface area contributed by atoms with Crippen molar-refractivity contribution in [1.82, 2.24) is 10.2 Å². The Hall–Kier alpha value is -1.66. The van der Waals surface area contributed by atoms with Crippen molar-refractivity contribution >= 4 is 34.0 Å². The van der Waals surface area contributed by atoms with E-state index in [2.05, 4.69) is 42.0 Å². The maximum Gasteiger partial charge on any atom is 0.206 e. The fraction of sp³-hybridized carbons (Fsp3) is 0.353. The summed E-state index contributed by atoms with van der Waals surface area (Å²) in [6.07, 6.45) is 1.77. The maximum atomic E-state index is 12.6. The third kappa shape index (κ3) is 4.20. The number of thioether (sulfide) groups is 1. The lowest BCUT2D eigenvalue weighted by molar-refractivity contribution is 0.102. The van der Waals surface area contributed by atoms with Gasteiger partial charge in [0.15, 0.2) is 10.1 Å². The van der Waals surface area contributed by atoms with Crippen LogP contribution in [0.4, 0.5) is 5.13 Å². The Kier molecular flexibility index (Phi) is 5.96. The number of ketones is 1. The Balaban J connectivity index is 2.07. The number of nitrogens with one attached hydrogen (secondary N) is 1. The third-order valence-corrected chi connectivity index (χ3v) is 5.78. The Bertz CT molecular complexity index is 738. The number of nitrogens with zero attached hydrogens (tertiary/aromatic N) is 2. The van der Waals surface area contributed by atoms with Crippen molar-refractivity contribution in [2.24, 2.45) is 0 Å². The van der Waals surface area contributed by atoms with E-state index in [1.165, 1.54) is 34.2 Å². The van der Waals surface area contributed by atoms with Crippen LogP contribution in [-0.4, -0.2) is 28.3 Å². The Morgan fingerprint density at radius 1 is 1.26 bits per heavy atom. The van der Waals surface area contributed by atoms with Crippen molar-refractivity contribution in [1.29, 1.82) is 0 Å². The highest BCUT2D eigenvalue weighted by Crippen LogP contribution is 2.28. The topological polar surface area (TPSA) is 54.9 Å². The highest BCUT2D eigenvalue weighted by atomic mass is 32.2. The summed E-state index contributed by atoms with van der Waals surface area (Å²) >= 11 is 2.89. The molecule has 0 fully saturated rings. The Morgan fingerprint density at radius 2 is 2.00 bits per heavy atom. The Labute approximate surface area is 145 Å². The van der Waals surface area contributed by atoms with Crippen LogP contribution in [0.1, 0.15) is 32.6 Å². The lowest BCUT2D eigenvalue weighted by atomic mass is 9.92. The summed E-state index contributed by atoms with van der Waals surface area (Å²) in [5, 5.41) is 12.0. The third-order valence-electron chi connectivity index (χ3n) is 3.77. The van der Waals surface area contributed by atoms with Crippen LogP contribution in [0.2, 0.25) is 0 Å². The number of hydrogen-bond donors (Lipinski definition) is 1. The van der Waals surface area contributed by atoms with Gasteiger partial charge in [-0.1, -0.05) is 35.2 Å². The molecular formula is C17H21N3OS2. The first kappa shape index (κ1) is 17.7. The van der Waals surface area contributed by atoms with E-state index in [0.29, 0.717) is 12.3 Å². The lowest BCUT2D eigenvalue weighted by Crippen LogP contribution is -2.09. The van der Waals surface area contributed by atoms with Gasteiger partial charge in [0.1, 0.15) is 0 Å². The van der Waals surface area contributed by atoms with Crippen molar-refractivity contribution in [3.05, 3.63) is 46.5 Å². The molecule has 0 aliphatic rings. The second kappa shape index (κ2) is 7.75. The maximum absolute atomic E-state index is 12.6. The predicted octanol–water partition coefficient (Wildman–Crippen LogP) is 4.34. The number of benzene rings is 1. The first-order chi connectivity index (χ1) is 10.9. The molecule has 4 nitrogen and oxygen atoms in total. The summed E-state index contributed by atoms with van der Waals surface area (Å²) in [4.78, 5) is 12.6. The van der Waals surface area contributed by atoms with E-state index in [0.717, 1.165) is 26.2 Å². The number of rotatable bonds is 7. The first-order valence-electron chi connectivity index (χ1n) is 7.35. The molecule has 1 aromatic heterocycles. The number of anilines is 1. The van der Waals surface area contributed by atoms with Gasteiger partial charge in [-0.3, -0.25) is 4.79 Å². The summed E-state index contributed by atoms with van der Waals surface area (Å²) < 4.78 is 0.795. The van der Waals surface area contributed by atoms with Crippen molar-refractivity contribution in [3.63, 3.8) is 0 Å². The van der Waals surface area contributed by atoms with E-state index < -0.39 is 0 Å². The lowest BCUT2D eigenvalue weighted by Gasteiger charge is -2.13. The summed E-state index contributed by atoms with van der Waals surface area (Å²) in [7, 11) is 0. The van der Waals surface area contributed by atoms with Gasteiger partial charge in [0.05, 0.1) is 5.75 Å². The SMILES string of the molecule is C=CCNc1nnc(SCC(=O)c2c(C)cc(C)c(C)c2C)s1.